The Kier molecular flexibility index (Phi) is 10.4. The molecule has 1 spiro atoms. The van der Waals surface area contributed by atoms with E-state index in [1.165, 1.54) is 6.07 Å². The molecule has 7 aliphatic rings. The molecule has 314 valence electrons. The molecule has 1 unspecified atom stereocenters. The molecule has 59 heavy (non-hydrogen) atoms. The number of hydrogen-bond acceptors (Lipinski definition) is 15. The quantitative estimate of drug-likeness (QED) is 0.126. The van der Waals surface area contributed by atoms with Crippen molar-refractivity contribution in [3.63, 3.8) is 0 Å². The van der Waals surface area contributed by atoms with Gasteiger partial charge in [-0.25, -0.2) is 9.78 Å². The van der Waals surface area contributed by atoms with Crippen LogP contribution in [-0.4, -0.2) is 123 Å². The van der Waals surface area contributed by atoms with Crippen LogP contribution in [0, 0.1) is 18.8 Å². The monoisotopic (exact) mass is 813 g/mol. The Balaban J connectivity index is 1.06. The molecule has 1 saturated carbocycles. The number of nitrogens with zero attached hydrogens (tertiary/aromatic N) is 4. The Morgan fingerprint density at radius 3 is 2.69 bits per heavy atom. The summed E-state index contributed by atoms with van der Waals surface area (Å²) in [6.45, 7) is 2.94. The fourth-order valence-electron chi connectivity index (χ4n) is 10.2. The number of nitrogens with one attached hydrogen (secondary N) is 1. The van der Waals surface area contributed by atoms with Gasteiger partial charge in [-0.05, 0) is 75.2 Å². The number of aliphatic imine (C=N–C) groups is 2. The number of hydrogen-bond donors (Lipinski definition) is 6. The summed E-state index contributed by atoms with van der Waals surface area (Å²) >= 11 is 0. The normalized spacial score (nSPS) is 29.4. The molecular weight excluding hydrogens is 762 g/mol. The number of carbonyl (C=O) groups excluding carboxylic acids is 1. The van der Waals surface area contributed by atoms with Crippen LogP contribution in [0.5, 0.6) is 5.75 Å². The summed E-state index contributed by atoms with van der Waals surface area (Å²) in [5.74, 6) is 1.24. The number of rotatable bonds is 13. The molecule has 0 bridgehead atoms. The van der Waals surface area contributed by atoms with Crippen molar-refractivity contribution < 1.29 is 49.3 Å². The standard InChI is InChI=1S/C43H51N5O11/c1-3-31-27-6-10-45-30(27)19-48(31)38-39-25(14-28-33(50)13-23(2)57-40(28)38)15-36(42(58-39)9-4-5-24(17-42)26-16-37(53)46-18-26)59-56-21-35(52)43(55,41(54)34(51)20-49)22-47-12-8-29-32(47)7-11-44-29/h6-8,10-11,13-14,19,24,26,31,34-36,41,49,51-52,54-55H,3-5,9,12,15-18,20-22H2,1-2H3,(H,46,53)/t24-,26+,31?,34-,35+,36-,41-,42-,43-/m1/s1. The summed E-state index contributed by atoms with van der Waals surface area (Å²) in [5.41, 5.74) is 1.41. The second-order valence-electron chi connectivity index (χ2n) is 16.9. The van der Waals surface area contributed by atoms with Crippen molar-refractivity contribution in [3.8, 4) is 5.75 Å². The summed E-state index contributed by atoms with van der Waals surface area (Å²) in [6, 6.07) is 3.15. The summed E-state index contributed by atoms with van der Waals surface area (Å²) in [5, 5.41) is 58.2. The maximum atomic E-state index is 13.7. The van der Waals surface area contributed by atoms with Crippen LogP contribution in [0.3, 0.4) is 0 Å². The summed E-state index contributed by atoms with van der Waals surface area (Å²) in [7, 11) is 0. The molecule has 7 heterocycles. The average Bonchev–Trinajstić information content (AvgIpc) is 4.07. The van der Waals surface area contributed by atoms with Gasteiger partial charge in [0.2, 0.25) is 5.91 Å². The molecular formula is C43H51N5O11. The lowest BCUT2D eigenvalue weighted by molar-refractivity contribution is -0.369. The predicted octanol–water partition coefficient (Wildman–Crippen LogP) is 1.84. The van der Waals surface area contributed by atoms with E-state index in [0.717, 1.165) is 30.5 Å². The van der Waals surface area contributed by atoms with Crippen molar-refractivity contribution in [2.45, 2.75) is 100 Å². The Morgan fingerprint density at radius 1 is 1.10 bits per heavy atom. The zero-order valence-electron chi connectivity index (χ0n) is 33.1. The highest BCUT2D eigenvalue weighted by Gasteiger charge is 2.54. The van der Waals surface area contributed by atoms with Gasteiger partial charge < -0.3 is 49.8 Å². The highest BCUT2D eigenvalue weighted by molar-refractivity contribution is 5.96. The van der Waals surface area contributed by atoms with Crippen LogP contribution in [0.1, 0.15) is 56.8 Å². The Bertz CT molecular complexity index is 2280. The molecule has 6 aliphatic heterocycles. The Morgan fingerprint density at radius 2 is 1.92 bits per heavy atom. The number of aliphatic hydroxyl groups is 5. The van der Waals surface area contributed by atoms with Crippen molar-refractivity contribution in [3.05, 3.63) is 80.8 Å². The summed E-state index contributed by atoms with van der Waals surface area (Å²) in [4.78, 5) is 50.9. The lowest BCUT2D eigenvalue weighted by Crippen LogP contribution is -2.63. The van der Waals surface area contributed by atoms with E-state index in [4.69, 9.17) is 18.9 Å². The minimum Gasteiger partial charge on any atom is -0.482 e. The molecule has 6 N–H and O–H groups in total. The van der Waals surface area contributed by atoms with Gasteiger partial charge in [0.15, 0.2) is 16.8 Å². The molecule has 16 nitrogen and oxygen atoms in total. The van der Waals surface area contributed by atoms with E-state index in [1.54, 1.807) is 36.4 Å². The molecule has 2 aromatic rings. The van der Waals surface area contributed by atoms with Crippen LogP contribution < -0.4 is 20.4 Å². The average molecular weight is 814 g/mol. The van der Waals surface area contributed by atoms with Crippen LogP contribution >= 0.6 is 0 Å². The SMILES string of the molecule is CCC1C2=CC=NC2=CN1c1c2c(cc3c(=O)cc(C)oc13)C[C@@H](OOC[C@H](O)[C@](O)(CN1CC=C3N=CC=C31)[C@H](O)[C@H](O)CO)[C@]1(CCC[C@@H]([C@@H]3CNC(=O)C3)C1)O2. The fraction of sp³-hybridized carbons (Fsp3) is 0.535. The van der Waals surface area contributed by atoms with E-state index < -0.39 is 48.8 Å². The summed E-state index contributed by atoms with van der Waals surface area (Å²) in [6.07, 6.45) is 8.79. The van der Waals surface area contributed by atoms with Gasteiger partial charge in [-0.2, -0.15) is 0 Å². The molecule has 1 aliphatic carbocycles. The first-order valence-electron chi connectivity index (χ1n) is 20.6. The number of allylic oxidation sites excluding steroid dienone is 2. The molecule has 0 radical (unpaired) electrons. The number of benzene rings is 1. The number of aryl methyl sites for hydroxylation is 1. The van der Waals surface area contributed by atoms with Crippen molar-refractivity contribution in [1.29, 1.82) is 0 Å². The Labute approximate surface area is 340 Å². The second-order valence-corrected chi connectivity index (χ2v) is 16.9. The largest absolute Gasteiger partial charge is 0.482 e. The van der Waals surface area contributed by atoms with Crippen LogP contribution in [0.2, 0.25) is 0 Å². The van der Waals surface area contributed by atoms with Crippen LogP contribution in [-0.2, 0) is 21.0 Å². The van der Waals surface area contributed by atoms with E-state index in [2.05, 4.69) is 27.1 Å². The molecule has 9 rings (SSSR count). The first-order valence-corrected chi connectivity index (χ1v) is 20.6. The van der Waals surface area contributed by atoms with E-state index >= 15 is 0 Å². The smallest absolute Gasteiger partial charge is 0.220 e. The molecule has 1 aromatic heterocycles. The molecule has 16 heteroatoms. The van der Waals surface area contributed by atoms with Gasteiger partial charge in [0, 0.05) is 61.8 Å². The molecule has 1 amide bonds. The third-order valence-corrected chi connectivity index (χ3v) is 13.3. The Hall–Kier alpha value is -4.68. The summed E-state index contributed by atoms with van der Waals surface area (Å²) < 4.78 is 13.7. The minimum absolute atomic E-state index is 0.0164. The van der Waals surface area contributed by atoms with E-state index in [1.807, 2.05) is 18.4 Å². The van der Waals surface area contributed by atoms with E-state index in [0.29, 0.717) is 77.5 Å². The second kappa shape index (κ2) is 15.4. The van der Waals surface area contributed by atoms with Crippen LogP contribution in [0.25, 0.3) is 11.0 Å². The number of amides is 1. The third-order valence-electron chi connectivity index (χ3n) is 13.3. The molecule has 1 aromatic carbocycles. The van der Waals surface area contributed by atoms with Crippen molar-refractivity contribution in [2.75, 3.05) is 37.7 Å². The molecule has 2 fully saturated rings. The zero-order chi connectivity index (χ0) is 41.2. The van der Waals surface area contributed by atoms with Crippen LogP contribution in [0.4, 0.5) is 5.69 Å². The number of aliphatic hydroxyl groups excluding tert-OH is 4. The van der Waals surface area contributed by atoms with E-state index in [-0.39, 0.29) is 42.2 Å². The lowest BCUT2D eigenvalue weighted by atomic mass is 9.68. The number of fused-ring (bicyclic) bond motifs is 4. The van der Waals surface area contributed by atoms with Gasteiger partial charge in [-0.15, -0.1) is 0 Å². The van der Waals surface area contributed by atoms with E-state index in [9.17, 15) is 35.1 Å². The highest BCUT2D eigenvalue weighted by atomic mass is 17.2. The van der Waals surface area contributed by atoms with Gasteiger partial charge in [0.25, 0.3) is 0 Å². The van der Waals surface area contributed by atoms with Crippen molar-refractivity contribution >= 4 is 35.0 Å². The number of anilines is 1. The van der Waals surface area contributed by atoms with Gasteiger partial charge in [-0.3, -0.25) is 19.6 Å². The maximum absolute atomic E-state index is 13.7. The topological polar surface area (TPSA) is 219 Å². The van der Waals surface area contributed by atoms with Gasteiger partial charge in [0.1, 0.15) is 53.7 Å². The minimum atomic E-state index is -2.39. The third kappa shape index (κ3) is 6.84. The maximum Gasteiger partial charge on any atom is 0.220 e. The zero-order valence-corrected chi connectivity index (χ0v) is 33.1. The van der Waals surface area contributed by atoms with Gasteiger partial charge >= 0.3 is 0 Å². The fourth-order valence-corrected chi connectivity index (χ4v) is 10.2. The van der Waals surface area contributed by atoms with Crippen molar-refractivity contribution in [2.24, 2.45) is 21.8 Å². The first-order chi connectivity index (χ1) is 28.4. The molecule has 9 atom stereocenters. The lowest BCUT2D eigenvalue weighted by Gasteiger charge is -2.49. The van der Waals surface area contributed by atoms with Crippen LogP contribution in [0.15, 0.2) is 78.4 Å². The number of β-amino-alcohol motifs (C(OH)–C–C–N with tert-alkyl or cyclic N) is 1. The number of ether oxygens (including phenoxy) is 1. The van der Waals surface area contributed by atoms with Gasteiger partial charge in [-0.1, -0.05) is 6.92 Å². The van der Waals surface area contributed by atoms with Crippen molar-refractivity contribution in [1.82, 2.24) is 10.2 Å². The predicted molar refractivity (Wildman–Crippen MR) is 216 cm³/mol. The number of carbonyl (C=O) groups is 1. The molecule has 1 saturated heterocycles. The highest BCUT2D eigenvalue weighted by Crippen LogP contribution is 2.53. The van der Waals surface area contributed by atoms with Gasteiger partial charge in [0.05, 0.1) is 41.7 Å². The first kappa shape index (κ1) is 39.8.